The number of benzene rings is 2. The molecule has 6 nitrogen and oxygen atoms in total. The van der Waals surface area contributed by atoms with Crippen LogP contribution in [0.15, 0.2) is 78.0 Å². The minimum absolute atomic E-state index is 0.0546. The maximum Gasteiger partial charge on any atom is 0.337 e. The number of aromatic nitrogens is 1. The molecule has 0 atom stereocenters. The highest BCUT2D eigenvalue weighted by atomic mass is 35.5. The zero-order valence-corrected chi connectivity index (χ0v) is 16.5. The number of anilines is 1. The molecule has 0 saturated carbocycles. The van der Waals surface area contributed by atoms with Gasteiger partial charge in [0.1, 0.15) is 0 Å². The van der Waals surface area contributed by atoms with Crippen LogP contribution >= 0.6 is 11.6 Å². The highest BCUT2D eigenvalue weighted by Gasteiger charge is 2.25. The molecule has 28 heavy (non-hydrogen) atoms. The zero-order valence-electron chi connectivity index (χ0n) is 14.9. The summed E-state index contributed by atoms with van der Waals surface area (Å²) < 4.78 is 32.6. The summed E-state index contributed by atoms with van der Waals surface area (Å²) >= 11 is 5.95. The number of ether oxygens (including phenoxy) is 1. The maximum absolute atomic E-state index is 13.3. The van der Waals surface area contributed by atoms with E-state index in [1.165, 1.54) is 35.7 Å². The third-order valence-corrected chi connectivity index (χ3v) is 6.07. The Morgan fingerprint density at radius 3 is 2.32 bits per heavy atom. The van der Waals surface area contributed by atoms with Crippen LogP contribution in [0.2, 0.25) is 5.02 Å². The van der Waals surface area contributed by atoms with Gasteiger partial charge in [-0.2, -0.15) is 0 Å². The quantitative estimate of drug-likeness (QED) is 0.569. The Bertz CT molecular complexity index is 1050. The molecule has 3 aromatic rings. The number of carbonyl (C=O) groups is 1. The van der Waals surface area contributed by atoms with Crippen molar-refractivity contribution in [2.75, 3.05) is 11.4 Å². The van der Waals surface area contributed by atoms with Crippen LogP contribution in [-0.2, 0) is 21.3 Å². The van der Waals surface area contributed by atoms with Gasteiger partial charge in [0.15, 0.2) is 0 Å². The van der Waals surface area contributed by atoms with Gasteiger partial charge in [-0.15, -0.1) is 0 Å². The molecule has 8 heteroatoms. The van der Waals surface area contributed by atoms with Crippen molar-refractivity contribution >= 4 is 33.3 Å². The fourth-order valence-electron chi connectivity index (χ4n) is 2.59. The summed E-state index contributed by atoms with van der Waals surface area (Å²) in [5, 5.41) is 0.505. The molecule has 2 aromatic carbocycles. The predicted molar refractivity (Wildman–Crippen MR) is 107 cm³/mol. The normalized spacial score (nSPS) is 11.1. The van der Waals surface area contributed by atoms with Crippen molar-refractivity contribution in [3.05, 3.63) is 89.2 Å². The lowest BCUT2D eigenvalue weighted by molar-refractivity contribution is 0.0600. The van der Waals surface area contributed by atoms with E-state index in [2.05, 4.69) is 9.72 Å². The van der Waals surface area contributed by atoms with Crippen LogP contribution in [0.5, 0.6) is 0 Å². The van der Waals surface area contributed by atoms with Crippen LogP contribution in [0.1, 0.15) is 15.9 Å². The number of carbonyl (C=O) groups excluding carboxylic acids is 1. The molecule has 0 N–H and O–H groups in total. The second kappa shape index (κ2) is 8.41. The Morgan fingerprint density at radius 1 is 1.07 bits per heavy atom. The molecule has 0 aliphatic rings. The second-order valence-electron chi connectivity index (χ2n) is 5.87. The third-order valence-electron chi connectivity index (χ3n) is 4.03. The number of nitrogens with zero attached hydrogens (tertiary/aromatic N) is 2. The van der Waals surface area contributed by atoms with E-state index in [-0.39, 0.29) is 17.0 Å². The van der Waals surface area contributed by atoms with E-state index in [0.717, 1.165) is 5.56 Å². The van der Waals surface area contributed by atoms with Gasteiger partial charge >= 0.3 is 5.97 Å². The van der Waals surface area contributed by atoms with Gasteiger partial charge in [-0.1, -0.05) is 17.7 Å². The Hall–Kier alpha value is -2.90. The lowest BCUT2D eigenvalue weighted by atomic mass is 10.2. The minimum Gasteiger partial charge on any atom is -0.465 e. The SMILES string of the molecule is COC(=O)c1ccc(S(=O)(=O)N(Cc2cccnc2)c2ccc(Cl)cc2)cc1. The third kappa shape index (κ3) is 4.32. The van der Waals surface area contributed by atoms with E-state index in [1.54, 1.807) is 48.8 Å². The van der Waals surface area contributed by atoms with E-state index < -0.39 is 16.0 Å². The van der Waals surface area contributed by atoms with Crippen molar-refractivity contribution in [2.45, 2.75) is 11.4 Å². The highest BCUT2D eigenvalue weighted by Crippen LogP contribution is 2.27. The topological polar surface area (TPSA) is 76.6 Å². The Balaban J connectivity index is 2.02. The van der Waals surface area contributed by atoms with Crippen molar-refractivity contribution < 1.29 is 17.9 Å². The van der Waals surface area contributed by atoms with Gasteiger partial charge in [0.2, 0.25) is 0 Å². The number of sulfonamides is 1. The number of hydrogen-bond donors (Lipinski definition) is 0. The fourth-order valence-corrected chi connectivity index (χ4v) is 4.17. The van der Waals surface area contributed by atoms with Gasteiger partial charge in [-0.3, -0.25) is 9.29 Å². The van der Waals surface area contributed by atoms with E-state index in [4.69, 9.17) is 11.6 Å². The van der Waals surface area contributed by atoms with E-state index in [9.17, 15) is 13.2 Å². The molecule has 0 bridgehead atoms. The number of halogens is 1. The van der Waals surface area contributed by atoms with E-state index in [1.807, 2.05) is 0 Å². The van der Waals surface area contributed by atoms with Crippen molar-refractivity contribution in [3.8, 4) is 0 Å². The first-order valence-corrected chi connectivity index (χ1v) is 10.1. The number of rotatable bonds is 6. The molecular formula is C20H17ClN2O4S. The molecular weight excluding hydrogens is 400 g/mol. The summed E-state index contributed by atoms with van der Waals surface area (Å²) in [4.78, 5) is 15.7. The molecule has 3 rings (SSSR count). The Labute approximate surface area is 168 Å². The number of esters is 1. The Kier molecular flexibility index (Phi) is 5.96. The molecule has 0 aliphatic carbocycles. The van der Waals surface area contributed by atoms with Crippen LogP contribution in [0.3, 0.4) is 0 Å². The molecule has 1 heterocycles. The standard InChI is InChI=1S/C20H17ClN2O4S/c1-27-20(24)16-4-10-19(11-5-16)28(25,26)23(14-15-3-2-12-22-13-15)18-8-6-17(21)7-9-18/h2-13H,14H2,1H3. The molecule has 0 saturated heterocycles. The van der Waals surface area contributed by atoms with Crippen molar-refractivity contribution in [1.29, 1.82) is 0 Å². The first-order chi connectivity index (χ1) is 13.4. The second-order valence-corrected chi connectivity index (χ2v) is 8.16. The van der Waals surface area contributed by atoms with Crippen LogP contribution in [-0.4, -0.2) is 26.5 Å². The van der Waals surface area contributed by atoms with Gasteiger partial charge < -0.3 is 4.74 Å². The number of pyridine rings is 1. The zero-order chi connectivity index (χ0) is 20.1. The van der Waals surface area contributed by atoms with Gasteiger partial charge in [-0.05, 0) is 60.2 Å². The molecule has 0 radical (unpaired) electrons. The van der Waals surface area contributed by atoms with Crippen LogP contribution in [0.4, 0.5) is 5.69 Å². The van der Waals surface area contributed by atoms with Crippen LogP contribution < -0.4 is 4.31 Å². The summed E-state index contributed by atoms with van der Waals surface area (Å²) in [5.41, 5.74) is 1.46. The molecule has 0 aliphatic heterocycles. The van der Waals surface area contributed by atoms with Gasteiger partial charge in [-0.25, -0.2) is 13.2 Å². The first kappa shape index (κ1) is 19.9. The molecule has 1 aromatic heterocycles. The largest absolute Gasteiger partial charge is 0.465 e. The monoisotopic (exact) mass is 416 g/mol. The van der Waals surface area contributed by atoms with E-state index >= 15 is 0 Å². The molecule has 0 fully saturated rings. The smallest absolute Gasteiger partial charge is 0.337 e. The highest BCUT2D eigenvalue weighted by molar-refractivity contribution is 7.92. The first-order valence-electron chi connectivity index (χ1n) is 8.27. The predicted octanol–water partition coefficient (Wildman–Crippen LogP) is 3.92. The van der Waals surface area contributed by atoms with Crippen molar-refractivity contribution in [2.24, 2.45) is 0 Å². The molecule has 0 amide bonds. The minimum atomic E-state index is -3.90. The number of methoxy groups -OCH3 is 1. The average Bonchev–Trinajstić information content (AvgIpc) is 2.73. The summed E-state index contributed by atoms with van der Waals surface area (Å²) in [5.74, 6) is -0.533. The fraction of sp³-hybridized carbons (Fsp3) is 0.100. The lowest BCUT2D eigenvalue weighted by Crippen LogP contribution is -2.30. The summed E-state index contributed by atoms with van der Waals surface area (Å²) in [6.07, 6.45) is 3.23. The van der Waals surface area contributed by atoms with Gasteiger partial charge in [0.25, 0.3) is 10.0 Å². The van der Waals surface area contributed by atoms with Crippen molar-refractivity contribution in [1.82, 2.24) is 4.98 Å². The summed E-state index contributed by atoms with van der Waals surface area (Å²) in [6.45, 7) is 0.0938. The van der Waals surface area contributed by atoms with E-state index in [0.29, 0.717) is 10.7 Å². The summed E-state index contributed by atoms with van der Waals surface area (Å²) in [6, 6.07) is 15.7. The van der Waals surface area contributed by atoms with Crippen LogP contribution in [0.25, 0.3) is 0 Å². The van der Waals surface area contributed by atoms with Crippen LogP contribution in [0, 0.1) is 0 Å². The summed E-state index contributed by atoms with van der Waals surface area (Å²) in [7, 11) is -2.64. The maximum atomic E-state index is 13.3. The molecule has 0 unspecified atom stereocenters. The lowest BCUT2D eigenvalue weighted by Gasteiger charge is -2.24. The molecule has 144 valence electrons. The van der Waals surface area contributed by atoms with Gasteiger partial charge in [0, 0.05) is 17.4 Å². The Morgan fingerprint density at radius 2 is 1.75 bits per heavy atom. The average molecular weight is 417 g/mol. The number of hydrogen-bond acceptors (Lipinski definition) is 5. The van der Waals surface area contributed by atoms with Gasteiger partial charge in [0.05, 0.1) is 29.8 Å². The van der Waals surface area contributed by atoms with Crippen molar-refractivity contribution in [3.63, 3.8) is 0 Å². The molecule has 0 spiro atoms.